The van der Waals surface area contributed by atoms with Crippen molar-refractivity contribution in [1.29, 1.82) is 0 Å². The molecule has 12 nitrogen and oxygen atoms in total. The third-order valence-corrected chi connectivity index (χ3v) is 10.8. The second kappa shape index (κ2) is 15.7. The van der Waals surface area contributed by atoms with Gasteiger partial charge in [-0.15, -0.1) is 0 Å². The van der Waals surface area contributed by atoms with Crippen LogP contribution in [0.3, 0.4) is 0 Å². The summed E-state index contributed by atoms with van der Waals surface area (Å²) in [6.45, 7) is 24.3. The van der Waals surface area contributed by atoms with Gasteiger partial charge in [0.25, 0.3) is 0 Å². The van der Waals surface area contributed by atoms with Gasteiger partial charge in [0, 0.05) is 82.0 Å². The molecule has 2 aliphatic heterocycles. The topological polar surface area (TPSA) is 136 Å². The highest BCUT2D eigenvalue weighted by molar-refractivity contribution is 8.74. The lowest BCUT2D eigenvalue weighted by Crippen LogP contribution is -2.61. The lowest BCUT2D eigenvalue weighted by molar-refractivity contribution is -0.138. The first-order valence-corrected chi connectivity index (χ1v) is 16.8. The fraction of sp³-hybridized carbons (Fsp3) is 0.733. The molecule has 14 heteroatoms. The fourth-order valence-corrected chi connectivity index (χ4v) is 10.2. The van der Waals surface area contributed by atoms with Crippen molar-refractivity contribution in [2.24, 2.45) is 0 Å². The van der Waals surface area contributed by atoms with Crippen molar-refractivity contribution in [3.05, 3.63) is 25.3 Å². The van der Waals surface area contributed by atoms with Gasteiger partial charge in [-0.05, 0) is 55.4 Å². The Kier molecular flexibility index (Phi) is 13.5. The molecule has 0 aliphatic carbocycles. The van der Waals surface area contributed by atoms with Gasteiger partial charge >= 0.3 is 24.1 Å². The molecule has 2 heterocycles. The molecule has 2 amide bonds. The van der Waals surface area contributed by atoms with E-state index in [-0.39, 0.29) is 60.7 Å². The Bertz CT molecular complexity index is 948. The SMILES string of the molecule is C=CC(=O)OCCNC(=O)OC1CC(C)(C)N(SSN2C(C)(C)CC(OC(=O)NCCOC(=O)C=C)CC2(C)C)C(C)(C)C1. The molecule has 44 heavy (non-hydrogen) atoms. The number of hydrogen-bond donors (Lipinski definition) is 2. The third-order valence-electron chi connectivity index (χ3n) is 7.40. The average molecular weight is 659 g/mol. The molecule has 0 aromatic heterocycles. The molecule has 0 saturated carbocycles. The Hall–Kier alpha value is -2.42. The molecule has 2 rings (SSSR count). The molecule has 2 aliphatic rings. The number of alkyl carbamates (subject to hydrolysis) is 2. The monoisotopic (exact) mass is 658 g/mol. The number of nitrogens with zero attached hydrogens (tertiary/aromatic N) is 2. The van der Waals surface area contributed by atoms with Crippen molar-refractivity contribution >= 4 is 46.1 Å². The number of nitrogens with one attached hydrogen (secondary N) is 2. The molecular weight excluding hydrogens is 608 g/mol. The van der Waals surface area contributed by atoms with Crippen LogP contribution < -0.4 is 10.6 Å². The first kappa shape index (κ1) is 37.8. The van der Waals surface area contributed by atoms with Gasteiger partial charge in [0.05, 0.1) is 13.1 Å². The van der Waals surface area contributed by atoms with Crippen LogP contribution in [0.1, 0.15) is 81.1 Å². The van der Waals surface area contributed by atoms with Crippen molar-refractivity contribution in [1.82, 2.24) is 19.2 Å². The second-order valence-corrected chi connectivity index (χ2v) is 15.4. The van der Waals surface area contributed by atoms with E-state index in [0.29, 0.717) is 25.7 Å². The van der Waals surface area contributed by atoms with Gasteiger partial charge < -0.3 is 29.6 Å². The van der Waals surface area contributed by atoms with Gasteiger partial charge in [0.15, 0.2) is 0 Å². The zero-order valence-electron chi connectivity index (χ0n) is 27.4. The Labute approximate surface area is 270 Å². The number of carbonyl (C=O) groups is 4. The van der Waals surface area contributed by atoms with Crippen LogP contribution in [0.15, 0.2) is 25.3 Å². The van der Waals surface area contributed by atoms with E-state index in [9.17, 15) is 19.2 Å². The maximum Gasteiger partial charge on any atom is 0.407 e. The van der Waals surface area contributed by atoms with Crippen LogP contribution in [0.25, 0.3) is 0 Å². The number of hydrogen-bond acceptors (Lipinski definition) is 12. The van der Waals surface area contributed by atoms with E-state index < -0.39 is 24.1 Å². The Morgan fingerprint density at radius 2 is 0.955 bits per heavy atom. The van der Waals surface area contributed by atoms with Crippen molar-refractivity contribution < 1.29 is 38.1 Å². The summed E-state index contributed by atoms with van der Waals surface area (Å²) in [5.41, 5.74) is -1.18. The summed E-state index contributed by atoms with van der Waals surface area (Å²) in [5.74, 6) is -1.08. The van der Waals surface area contributed by atoms with Gasteiger partial charge in [-0.1, -0.05) is 13.2 Å². The quantitative estimate of drug-likeness (QED) is 0.0676. The lowest BCUT2D eigenvalue weighted by atomic mass is 9.81. The van der Waals surface area contributed by atoms with Crippen LogP contribution in [-0.2, 0) is 28.5 Å². The summed E-state index contributed by atoms with van der Waals surface area (Å²) in [7, 11) is 3.39. The Morgan fingerprint density at radius 1 is 0.659 bits per heavy atom. The van der Waals surface area contributed by atoms with E-state index in [1.54, 1.807) is 22.0 Å². The van der Waals surface area contributed by atoms with Crippen molar-refractivity contribution in [3.8, 4) is 0 Å². The minimum Gasteiger partial charge on any atom is -0.461 e. The summed E-state index contributed by atoms with van der Waals surface area (Å²) in [5, 5.41) is 5.27. The van der Waals surface area contributed by atoms with Crippen molar-refractivity contribution in [2.75, 3.05) is 26.3 Å². The van der Waals surface area contributed by atoms with Crippen molar-refractivity contribution in [2.45, 2.75) is 115 Å². The molecule has 2 saturated heterocycles. The van der Waals surface area contributed by atoms with Crippen LogP contribution in [0.2, 0.25) is 0 Å². The molecule has 250 valence electrons. The Balaban J connectivity index is 1.94. The molecule has 0 bridgehead atoms. The summed E-state index contributed by atoms with van der Waals surface area (Å²) in [6.07, 6.45) is 3.10. The molecule has 0 unspecified atom stereocenters. The van der Waals surface area contributed by atoms with Crippen LogP contribution in [-0.4, -0.2) is 93.4 Å². The average Bonchev–Trinajstić information content (AvgIpc) is 2.88. The molecule has 0 aromatic rings. The van der Waals surface area contributed by atoms with Gasteiger partial charge in [-0.25, -0.2) is 27.8 Å². The normalized spacial score (nSPS) is 21.4. The molecular formula is C30H50N4O8S2. The van der Waals surface area contributed by atoms with Gasteiger partial charge in [-0.2, -0.15) is 0 Å². The molecule has 2 fully saturated rings. The highest BCUT2D eigenvalue weighted by Crippen LogP contribution is 2.53. The minimum atomic E-state index is -0.541. The van der Waals surface area contributed by atoms with E-state index in [1.165, 1.54) is 0 Å². The number of rotatable bonds is 13. The number of carbonyl (C=O) groups excluding carboxylic acids is 4. The van der Waals surface area contributed by atoms with E-state index in [4.69, 9.17) is 18.9 Å². The predicted octanol–water partition coefficient (Wildman–Crippen LogP) is 5.15. The van der Waals surface area contributed by atoms with E-state index in [2.05, 4.69) is 87.8 Å². The third kappa shape index (κ3) is 11.2. The molecule has 0 atom stereocenters. The lowest BCUT2D eigenvalue weighted by Gasteiger charge is -2.56. The van der Waals surface area contributed by atoms with E-state index in [1.807, 2.05) is 0 Å². The largest absolute Gasteiger partial charge is 0.461 e. The molecule has 2 N–H and O–H groups in total. The highest BCUT2D eigenvalue weighted by atomic mass is 33.1. The van der Waals surface area contributed by atoms with E-state index in [0.717, 1.165) is 12.2 Å². The van der Waals surface area contributed by atoms with Gasteiger partial charge in [0.1, 0.15) is 25.4 Å². The summed E-state index contributed by atoms with van der Waals surface area (Å²) in [4.78, 5) is 47.2. The Morgan fingerprint density at radius 3 is 1.23 bits per heavy atom. The van der Waals surface area contributed by atoms with Crippen LogP contribution in [0.4, 0.5) is 9.59 Å². The zero-order chi connectivity index (χ0) is 33.3. The number of amides is 2. The maximum absolute atomic E-state index is 12.4. The van der Waals surface area contributed by atoms with Crippen LogP contribution in [0, 0.1) is 0 Å². The molecule has 0 radical (unpaired) electrons. The number of piperidine rings is 2. The highest BCUT2D eigenvalue weighted by Gasteiger charge is 2.51. The first-order chi connectivity index (χ1) is 20.3. The standard InChI is InChI=1S/C30H50N4O8S2/c1-11-23(35)39-15-13-31-25(37)41-21-17-27(3,4)33(28(5,6)18-21)43-44-34-29(7,8)19-22(20-30(34,9)10)42-26(38)32-14-16-40-24(36)12-2/h11-12,21-22H,1-2,13-20H2,3-10H3,(H,31,37)(H,32,38). The zero-order valence-corrected chi connectivity index (χ0v) is 29.0. The molecule has 0 spiro atoms. The van der Waals surface area contributed by atoms with Gasteiger partial charge in [-0.3, -0.25) is 0 Å². The van der Waals surface area contributed by atoms with Gasteiger partial charge in [0.2, 0.25) is 0 Å². The smallest absolute Gasteiger partial charge is 0.407 e. The summed E-state index contributed by atoms with van der Waals surface area (Å²) < 4.78 is 26.1. The van der Waals surface area contributed by atoms with Crippen LogP contribution in [0.5, 0.6) is 0 Å². The fourth-order valence-electron chi connectivity index (χ4n) is 6.09. The summed E-state index contributed by atoms with van der Waals surface area (Å²) in [6, 6.07) is 0. The van der Waals surface area contributed by atoms with Crippen molar-refractivity contribution in [3.63, 3.8) is 0 Å². The maximum atomic E-state index is 12.4. The minimum absolute atomic E-state index is 0.0432. The number of esters is 2. The number of ether oxygens (including phenoxy) is 4. The summed E-state index contributed by atoms with van der Waals surface area (Å²) >= 11 is 0. The molecule has 0 aromatic carbocycles. The van der Waals surface area contributed by atoms with E-state index >= 15 is 0 Å². The van der Waals surface area contributed by atoms with Crippen LogP contribution >= 0.6 is 22.0 Å². The first-order valence-electron chi connectivity index (χ1n) is 14.8. The predicted molar refractivity (Wildman–Crippen MR) is 172 cm³/mol. The second-order valence-electron chi connectivity index (χ2n) is 13.5.